The molecule has 2 atom stereocenters. The van der Waals surface area contributed by atoms with Crippen molar-refractivity contribution < 1.29 is 19.7 Å². The topological polar surface area (TPSA) is 66.8 Å². The van der Waals surface area contributed by atoms with Crippen molar-refractivity contribution in [1.82, 2.24) is 0 Å². The van der Waals surface area contributed by atoms with E-state index in [4.69, 9.17) is 10.2 Å². The summed E-state index contributed by atoms with van der Waals surface area (Å²) >= 11 is 0. The van der Waals surface area contributed by atoms with E-state index in [9.17, 15) is 4.79 Å². The summed E-state index contributed by atoms with van der Waals surface area (Å²) in [4.78, 5) is 9.43. The van der Waals surface area contributed by atoms with Crippen LogP contribution in [0.2, 0.25) is 0 Å². The van der Waals surface area contributed by atoms with Crippen molar-refractivity contribution in [3.63, 3.8) is 0 Å². The Morgan fingerprint density at radius 1 is 1.67 bits per heavy atom. The number of hydrogen-bond acceptors (Lipinski definition) is 3. The second kappa shape index (κ2) is 7.82. The molecule has 0 aromatic carbocycles. The Labute approximate surface area is 56.0 Å². The molecule has 0 saturated carbocycles. The molecule has 0 aliphatic carbocycles. The number of rotatable bonds is 1. The Balaban J connectivity index is 0. The fourth-order valence-corrected chi connectivity index (χ4v) is 0. The summed E-state index contributed by atoms with van der Waals surface area (Å²) in [5.74, 6) is -2.54. The van der Waals surface area contributed by atoms with Crippen LogP contribution in [-0.4, -0.2) is 36.2 Å². The molecule has 2 N–H and O–H groups in total. The lowest BCUT2D eigenvalue weighted by atomic mass is 10.7. The van der Waals surface area contributed by atoms with Gasteiger partial charge >= 0.3 is 5.97 Å². The number of aliphatic hydroxyl groups excluding tert-OH is 1. The lowest BCUT2D eigenvalue weighted by molar-refractivity contribution is -0.142. The standard InChI is InChI=1S/C2H5O3P.C2H6O/c3-1(4)2(5)6;1-3-2/h2,5H,6H2,(H,3,4);1-2H3. The second-order valence-electron chi connectivity index (χ2n) is 1.19. The van der Waals surface area contributed by atoms with Gasteiger partial charge in [-0.1, -0.05) is 9.24 Å². The Morgan fingerprint density at radius 3 is 1.78 bits per heavy atom. The predicted molar refractivity (Wildman–Crippen MR) is 36.3 cm³/mol. The maximum atomic E-state index is 9.43. The quantitative estimate of drug-likeness (QED) is 0.501. The van der Waals surface area contributed by atoms with Gasteiger partial charge in [-0.05, 0) is 0 Å². The maximum absolute atomic E-state index is 9.43. The summed E-state index contributed by atoms with van der Waals surface area (Å²) in [7, 11) is 4.98. The Kier molecular flexibility index (Phi) is 10.1. The molecule has 0 aromatic rings. The van der Waals surface area contributed by atoms with Crippen molar-refractivity contribution >= 4 is 15.2 Å². The molecule has 2 unspecified atom stereocenters. The first kappa shape index (κ1) is 11.6. The molecule has 0 heterocycles. The molecule has 0 aromatic heterocycles. The number of carboxylic acid groups (broad SMARTS) is 1. The minimum Gasteiger partial charge on any atom is -0.479 e. The SMILES string of the molecule is COC.O=C(O)C(O)P. The summed E-state index contributed by atoms with van der Waals surface area (Å²) in [5, 5.41) is 15.7. The zero-order valence-corrected chi connectivity index (χ0v) is 6.52. The summed E-state index contributed by atoms with van der Waals surface area (Å²) in [6, 6.07) is 0. The first-order valence-corrected chi connectivity index (χ1v) is 2.79. The molecule has 0 saturated heterocycles. The van der Waals surface area contributed by atoms with Crippen LogP contribution < -0.4 is 0 Å². The molecule has 4 nitrogen and oxygen atoms in total. The van der Waals surface area contributed by atoms with Gasteiger partial charge in [-0.15, -0.1) is 0 Å². The summed E-state index contributed by atoms with van der Waals surface area (Å²) < 4.78 is 4.25. The third-order valence-corrected chi connectivity index (χ3v) is 0.538. The lowest BCUT2D eigenvalue weighted by Crippen LogP contribution is -2.09. The molecule has 0 rings (SSSR count). The van der Waals surface area contributed by atoms with Gasteiger partial charge in [-0.25, -0.2) is 4.79 Å². The van der Waals surface area contributed by atoms with Crippen molar-refractivity contribution in [3.8, 4) is 0 Å². The molecule has 0 amide bonds. The van der Waals surface area contributed by atoms with Gasteiger partial charge in [0.25, 0.3) is 0 Å². The third kappa shape index (κ3) is 18.2. The van der Waals surface area contributed by atoms with Crippen LogP contribution in [0.25, 0.3) is 0 Å². The number of hydrogen-bond donors (Lipinski definition) is 2. The first-order valence-electron chi connectivity index (χ1n) is 2.12. The highest BCUT2D eigenvalue weighted by atomic mass is 31.0. The zero-order chi connectivity index (χ0) is 7.86. The second-order valence-corrected chi connectivity index (χ2v) is 1.82. The summed E-state index contributed by atoms with van der Waals surface area (Å²) in [6.07, 6.45) is 0. The maximum Gasteiger partial charge on any atom is 0.336 e. The van der Waals surface area contributed by atoms with E-state index >= 15 is 0 Å². The normalized spacial score (nSPS) is 11.1. The molecular weight excluding hydrogens is 143 g/mol. The van der Waals surface area contributed by atoms with E-state index in [0.717, 1.165) is 0 Å². The molecule has 0 aliphatic rings. The van der Waals surface area contributed by atoms with Gasteiger partial charge in [0, 0.05) is 14.2 Å². The van der Waals surface area contributed by atoms with E-state index in [2.05, 4.69) is 4.74 Å². The van der Waals surface area contributed by atoms with Gasteiger partial charge in [0.15, 0.2) is 5.85 Å². The summed E-state index contributed by atoms with van der Waals surface area (Å²) in [6.45, 7) is 0. The van der Waals surface area contributed by atoms with Crippen molar-refractivity contribution in [3.05, 3.63) is 0 Å². The number of ether oxygens (including phenoxy) is 1. The average molecular weight is 154 g/mol. The smallest absolute Gasteiger partial charge is 0.336 e. The van der Waals surface area contributed by atoms with Crippen molar-refractivity contribution in [2.45, 2.75) is 5.85 Å². The van der Waals surface area contributed by atoms with Gasteiger partial charge in [-0.3, -0.25) is 0 Å². The highest BCUT2D eigenvalue weighted by Crippen LogP contribution is 1.90. The van der Waals surface area contributed by atoms with Crippen LogP contribution in [0.15, 0.2) is 0 Å². The number of methoxy groups -OCH3 is 1. The van der Waals surface area contributed by atoms with Gasteiger partial charge in [0.1, 0.15) is 0 Å². The predicted octanol–water partition coefficient (Wildman–Crippen LogP) is -0.473. The first-order chi connectivity index (χ1) is 4.06. The van der Waals surface area contributed by atoms with Crippen LogP contribution in [0.1, 0.15) is 0 Å². The van der Waals surface area contributed by atoms with E-state index in [1.807, 2.05) is 0 Å². The minimum absolute atomic E-state index is 1.22. The van der Waals surface area contributed by atoms with E-state index < -0.39 is 11.8 Å². The number of carbonyl (C=O) groups is 1. The van der Waals surface area contributed by atoms with Gasteiger partial charge in [0.2, 0.25) is 0 Å². The molecule has 0 aliphatic heterocycles. The Bertz CT molecular complexity index is 73.0. The van der Waals surface area contributed by atoms with Crippen molar-refractivity contribution in [2.24, 2.45) is 0 Å². The molecule has 0 fully saturated rings. The highest BCUT2D eigenvalue weighted by molar-refractivity contribution is 7.18. The summed E-state index contributed by atoms with van der Waals surface area (Å²) in [5.41, 5.74) is 0. The largest absolute Gasteiger partial charge is 0.479 e. The Morgan fingerprint density at radius 2 is 1.78 bits per heavy atom. The van der Waals surface area contributed by atoms with Crippen LogP contribution in [0.4, 0.5) is 0 Å². The van der Waals surface area contributed by atoms with Gasteiger partial charge in [-0.2, -0.15) is 0 Å². The number of aliphatic hydroxyl groups is 1. The average Bonchev–Trinajstić information content (AvgIpc) is 1.68. The zero-order valence-electron chi connectivity index (χ0n) is 5.37. The van der Waals surface area contributed by atoms with Crippen LogP contribution in [0.5, 0.6) is 0 Å². The van der Waals surface area contributed by atoms with Gasteiger partial charge in [0.05, 0.1) is 0 Å². The molecule has 0 radical (unpaired) electrons. The van der Waals surface area contributed by atoms with Crippen LogP contribution in [-0.2, 0) is 9.53 Å². The van der Waals surface area contributed by atoms with E-state index in [1.165, 1.54) is 0 Å². The molecule has 0 spiro atoms. The molecule has 56 valence electrons. The van der Waals surface area contributed by atoms with E-state index in [-0.39, 0.29) is 0 Å². The molecule has 5 heteroatoms. The van der Waals surface area contributed by atoms with Crippen LogP contribution in [0, 0.1) is 0 Å². The van der Waals surface area contributed by atoms with E-state index in [1.54, 1.807) is 23.5 Å². The van der Waals surface area contributed by atoms with Crippen LogP contribution >= 0.6 is 9.24 Å². The lowest BCUT2D eigenvalue weighted by Gasteiger charge is -1.89. The van der Waals surface area contributed by atoms with Crippen molar-refractivity contribution in [2.75, 3.05) is 14.2 Å². The Hall–Kier alpha value is -0.180. The molecule has 9 heavy (non-hydrogen) atoms. The number of carboxylic acids is 1. The monoisotopic (exact) mass is 154 g/mol. The highest BCUT2D eigenvalue weighted by Gasteiger charge is 2.01. The van der Waals surface area contributed by atoms with Gasteiger partial charge < -0.3 is 14.9 Å². The van der Waals surface area contributed by atoms with E-state index in [0.29, 0.717) is 0 Å². The molecule has 0 bridgehead atoms. The fraction of sp³-hybridized carbons (Fsp3) is 0.750. The van der Waals surface area contributed by atoms with Crippen molar-refractivity contribution in [1.29, 1.82) is 0 Å². The fourth-order valence-electron chi connectivity index (χ4n) is 0. The van der Waals surface area contributed by atoms with Crippen LogP contribution in [0.3, 0.4) is 0 Å². The molecular formula is C4H11O4P. The third-order valence-electron chi connectivity index (χ3n) is 0.253. The number of aliphatic carboxylic acids is 1. The minimum atomic E-state index is -1.31.